The molecule has 0 spiro atoms. The van der Waals surface area contributed by atoms with Gasteiger partial charge in [-0.25, -0.2) is 0 Å². The predicted octanol–water partition coefficient (Wildman–Crippen LogP) is 3.22. The van der Waals surface area contributed by atoms with Gasteiger partial charge in [-0.2, -0.15) is 0 Å². The van der Waals surface area contributed by atoms with E-state index < -0.39 is 0 Å². The number of aromatic nitrogens is 1. The van der Waals surface area contributed by atoms with Crippen molar-refractivity contribution in [1.29, 1.82) is 0 Å². The van der Waals surface area contributed by atoms with Crippen LogP contribution in [0, 0.1) is 5.92 Å². The summed E-state index contributed by atoms with van der Waals surface area (Å²) >= 11 is 5.97. The van der Waals surface area contributed by atoms with Crippen LogP contribution in [0.25, 0.3) is 10.9 Å². The minimum atomic E-state index is -0.0430. The molecule has 0 radical (unpaired) electrons. The lowest BCUT2D eigenvalue weighted by molar-refractivity contribution is 0.0941. The van der Waals surface area contributed by atoms with Crippen molar-refractivity contribution in [1.82, 2.24) is 9.88 Å². The molecule has 0 aliphatic heterocycles. The molecule has 0 saturated heterocycles. The zero-order valence-electron chi connectivity index (χ0n) is 10.8. The molecule has 0 fully saturated rings. The Bertz CT molecular complexity index is 587. The van der Waals surface area contributed by atoms with Gasteiger partial charge in [0.25, 0.3) is 5.91 Å². The van der Waals surface area contributed by atoms with Gasteiger partial charge in [-0.05, 0) is 24.1 Å². The van der Waals surface area contributed by atoms with E-state index in [4.69, 9.17) is 11.6 Å². The highest BCUT2D eigenvalue weighted by Crippen LogP contribution is 2.22. The van der Waals surface area contributed by atoms with Gasteiger partial charge in [0.15, 0.2) is 0 Å². The molecule has 0 bridgehead atoms. The Labute approximate surface area is 112 Å². The van der Waals surface area contributed by atoms with Crippen LogP contribution in [0.1, 0.15) is 24.3 Å². The van der Waals surface area contributed by atoms with Gasteiger partial charge in [-0.15, -0.1) is 0 Å². The van der Waals surface area contributed by atoms with Crippen molar-refractivity contribution in [3.63, 3.8) is 0 Å². The predicted molar refractivity (Wildman–Crippen MR) is 75.1 cm³/mol. The zero-order valence-corrected chi connectivity index (χ0v) is 11.6. The van der Waals surface area contributed by atoms with Crippen LogP contribution in [-0.4, -0.2) is 17.0 Å². The second-order valence-electron chi connectivity index (χ2n) is 4.90. The average molecular weight is 265 g/mol. The number of nitrogens with one attached hydrogen (secondary N) is 1. The molecule has 0 atom stereocenters. The molecule has 0 aliphatic rings. The summed E-state index contributed by atoms with van der Waals surface area (Å²) in [6, 6.07) is 7.52. The number of halogens is 1. The Kier molecular flexibility index (Phi) is 3.62. The van der Waals surface area contributed by atoms with Gasteiger partial charge in [0.1, 0.15) is 5.69 Å². The minimum Gasteiger partial charge on any atom is -0.351 e. The lowest BCUT2D eigenvalue weighted by Crippen LogP contribution is -2.28. The van der Waals surface area contributed by atoms with Crippen LogP contribution in [0.2, 0.25) is 5.02 Å². The van der Waals surface area contributed by atoms with Crippen molar-refractivity contribution in [2.45, 2.75) is 13.8 Å². The lowest BCUT2D eigenvalue weighted by atomic mass is 10.2. The first-order chi connectivity index (χ1) is 8.49. The molecule has 3 nitrogen and oxygen atoms in total. The van der Waals surface area contributed by atoms with Crippen molar-refractivity contribution in [2.75, 3.05) is 6.54 Å². The summed E-state index contributed by atoms with van der Waals surface area (Å²) in [6.45, 7) is 4.82. The normalized spacial score (nSPS) is 11.2. The van der Waals surface area contributed by atoms with Crippen molar-refractivity contribution >= 4 is 28.4 Å². The lowest BCUT2D eigenvalue weighted by Gasteiger charge is -2.08. The third-order valence-electron chi connectivity index (χ3n) is 2.91. The van der Waals surface area contributed by atoms with Crippen LogP contribution < -0.4 is 5.32 Å². The molecule has 96 valence electrons. The van der Waals surface area contributed by atoms with Crippen LogP contribution in [-0.2, 0) is 7.05 Å². The van der Waals surface area contributed by atoms with Crippen molar-refractivity contribution in [3.8, 4) is 0 Å². The fourth-order valence-corrected chi connectivity index (χ4v) is 2.07. The number of carbonyl (C=O) groups is 1. The van der Waals surface area contributed by atoms with E-state index in [9.17, 15) is 4.79 Å². The largest absolute Gasteiger partial charge is 0.351 e. The number of hydrogen-bond donors (Lipinski definition) is 1. The Morgan fingerprint density at radius 2 is 2.11 bits per heavy atom. The second kappa shape index (κ2) is 5.02. The number of aryl methyl sites for hydroxylation is 1. The minimum absolute atomic E-state index is 0.0430. The van der Waals surface area contributed by atoms with Crippen molar-refractivity contribution < 1.29 is 4.79 Å². The van der Waals surface area contributed by atoms with Crippen molar-refractivity contribution in [2.24, 2.45) is 13.0 Å². The second-order valence-corrected chi connectivity index (χ2v) is 5.33. The van der Waals surface area contributed by atoms with E-state index in [0.29, 0.717) is 23.2 Å². The van der Waals surface area contributed by atoms with Gasteiger partial charge in [0.05, 0.1) is 0 Å². The monoisotopic (exact) mass is 264 g/mol. The van der Waals surface area contributed by atoms with Gasteiger partial charge >= 0.3 is 0 Å². The molecule has 18 heavy (non-hydrogen) atoms. The van der Waals surface area contributed by atoms with Crippen molar-refractivity contribution in [3.05, 3.63) is 35.0 Å². The molecule has 1 aromatic heterocycles. The van der Waals surface area contributed by atoms with Gasteiger partial charge < -0.3 is 9.88 Å². The molecular formula is C14H17ClN2O. The number of fused-ring (bicyclic) bond motifs is 1. The first-order valence-corrected chi connectivity index (χ1v) is 6.40. The average Bonchev–Trinajstić information content (AvgIpc) is 2.64. The highest BCUT2D eigenvalue weighted by molar-refractivity contribution is 6.31. The molecule has 1 heterocycles. The van der Waals surface area contributed by atoms with E-state index in [1.807, 2.05) is 35.9 Å². The highest BCUT2D eigenvalue weighted by atomic mass is 35.5. The van der Waals surface area contributed by atoms with Crippen LogP contribution >= 0.6 is 11.6 Å². The first-order valence-electron chi connectivity index (χ1n) is 6.02. The smallest absolute Gasteiger partial charge is 0.267 e. The molecule has 1 N–H and O–H groups in total. The maximum Gasteiger partial charge on any atom is 0.267 e. The standard InChI is InChI=1S/C14H17ClN2O/c1-9(2)8-16-14(18)13-6-10-4-5-11(15)7-12(10)17(13)3/h4-7,9H,8H2,1-3H3,(H,16,18). The van der Waals surface area contributed by atoms with Crippen LogP contribution in [0.15, 0.2) is 24.3 Å². The Morgan fingerprint density at radius 3 is 2.78 bits per heavy atom. The van der Waals surface area contributed by atoms with E-state index in [-0.39, 0.29) is 5.91 Å². The third kappa shape index (κ3) is 2.51. The molecule has 0 unspecified atom stereocenters. The highest BCUT2D eigenvalue weighted by Gasteiger charge is 2.13. The molecule has 2 aromatic rings. The number of nitrogens with zero attached hydrogens (tertiary/aromatic N) is 1. The number of hydrogen-bond acceptors (Lipinski definition) is 1. The Morgan fingerprint density at radius 1 is 1.39 bits per heavy atom. The summed E-state index contributed by atoms with van der Waals surface area (Å²) in [5.74, 6) is 0.400. The number of rotatable bonds is 3. The third-order valence-corrected chi connectivity index (χ3v) is 3.15. The quantitative estimate of drug-likeness (QED) is 0.907. The van der Waals surface area contributed by atoms with Gasteiger partial charge in [0, 0.05) is 29.5 Å². The fraction of sp³-hybridized carbons (Fsp3) is 0.357. The molecule has 1 aromatic carbocycles. The molecule has 0 aliphatic carbocycles. The van der Waals surface area contributed by atoms with E-state index in [1.54, 1.807) is 0 Å². The van der Waals surface area contributed by atoms with Crippen LogP contribution in [0.3, 0.4) is 0 Å². The molecule has 1 amide bonds. The summed E-state index contributed by atoms with van der Waals surface area (Å²) in [5, 5.41) is 4.63. The Balaban J connectivity index is 2.34. The summed E-state index contributed by atoms with van der Waals surface area (Å²) < 4.78 is 1.87. The fourth-order valence-electron chi connectivity index (χ4n) is 1.91. The zero-order chi connectivity index (χ0) is 13.3. The number of carbonyl (C=O) groups excluding carboxylic acids is 1. The van der Waals surface area contributed by atoms with E-state index in [1.165, 1.54) is 0 Å². The first kappa shape index (κ1) is 13.0. The molecular weight excluding hydrogens is 248 g/mol. The van der Waals surface area contributed by atoms with E-state index in [0.717, 1.165) is 10.9 Å². The molecule has 2 rings (SSSR count). The molecule has 4 heteroatoms. The van der Waals surface area contributed by atoms with Crippen LogP contribution in [0.4, 0.5) is 0 Å². The SMILES string of the molecule is CC(C)CNC(=O)c1cc2ccc(Cl)cc2n1C. The summed E-state index contributed by atoms with van der Waals surface area (Å²) in [6.07, 6.45) is 0. The van der Waals surface area contributed by atoms with Gasteiger partial charge in [-0.1, -0.05) is 31.5 Å². The van der Waals surface area contributed by atoms with E-state index in [2.05, 4.69) is 19.2 Å². The summed E-state index contributed by atoms with van der Waals surface area (Å²) in [7, 11) is 1.88. The van der Waals surface area contributed by atoms with E-state index >= 15 is 0 Å². The summed E-state index contributed by atoms with van der Waals surface area (Å²) in [5.41, 5.74) is 1.63. The topological polar surface area (TPSA) is 34.0 Å². The Hall–Kier alpha value is -1.48. The van der Waals surface area contributed by atoms with Crippen LogP contribution in [0.5, 0.6) is 0 Å². The number of benzene rings is 1. The van der Waals surface area contributed by atoms with Gasteiger partial charge in [0.2, 0.25) is 0 Å². The molecule has 0 saturated carbocycles. The maximum absolute atomic E-state index is 12.1. The maximum atomic E-state index is 12.1. The number of amides is 1. The summed E-state index contributed by atoms with van der Waals surface area (Å²) in [4.78, 5) is 12.1. The van der Waals surface area contributed by atoms with Gasteiger partial charge in [-0.3, -0.25) is 4.79 Å².